The van der Waals surface area contributed by atoms with Crippen molar-refractivity contribution in [1.29, 1.82) is 0 Å². The van der Waals surface area contributed by atoms with Crippen molar-refractivity contribution >= 4 is 17.7 Å². The lowest BCUT2D eigenvalue weighted by molar-refractivity contribution is -0.125. The second-order valence-electron chi connectivity index (χ2n) is 6.39. The first-order chi connectivity index (χ1) is 10.2. The van der Waals surface area contributed by atoms with Gasteiger partial charge in [0.2, 0.25) is 11.8 Å². The van der Waals surface area contributed by atoms with Crippen molar-refractivity contribution in [2.24, 2.45) is 11.7 Å². The van der Waals surface area contributed by atoms with Gasteiger partial charge in [0.15, 0.2) is 0 Å². The van der Waals surface area contributed by atoms with Gasteiger partial charge in [0, 0.05) is 24.1 Å². The molecule has 1 fully saturated rings. The molecule has 118 valence electrons. The molecule has 0 aliphatic carbocycles. The Morgan fingerprint density at radius 3 is 2.45 bits per heavy atom. The molecular weight excluding hydrogens is 282 g/mol. The van der Waals surface area contributed by atoms with Gasteiger partial charge >= 0.3 is 0 Å². The molecule has 1 aromatic rings. The molecule has 6 nitrogen and oxygen atoms in total. The second kappa shape index (κ2) is 6.27. The van der Waals surface area contributed by atoms with Gasteiger partial charge in [-0.2, -0.15) is 0 Å². The highest BCUT2D eigenvalue weighted by molar-refractivity contribution is 6.03. The molecule has 6 heteroatoms. The summed E-state index contributed by atoms with van der Waals surface area (Å²) < 4.78 is 0. The van der Waals surface area contributed by atoms with Crippen molar-refractivity contribution in [3.05, 3.63) is 35.4 Å². The molecule has 1 unspecified atom stereocenters. The van der Waals surface area contributed by atoms with Gasteiger partial charge in [-0.1, -0.05) is 12.1 Å². The summed E-state index contributed by atoms with van der Waals surface area (Å²) in [5.74, 6) is -0.948. The van der Waals surface area contributed by atoms with Crippen molar-refractivity contribution < 1.29 is 14.4 Å². The molecule has 0 aromatic heterocycles. The van der Waals surface area contributed by atoms with Crippen LogP contribution in [0.2, 0.25) is 0 Å². The van der Waals surface area contributed by atoms with E-state index in [1.807, 2.05) is 13.8 Å². The number of nitrogens with two attached hydrogens (primary N) is 1. The first kappa shape index (κ1) is 16.2. The minimum atomic E-state index is -0.460. The number of imide groups is 1. The molecule has 0 spiro atoms. The first-order valence-electron chi connectivity index (χ1n) is 7.24. The monoisotopic (exact) mass is 303 g/mol. The third kappa shape index (κ3) is 4.39. The number of rotatable bonds is 5. The molecule has 1 atom stereocenters. The standard InChI is InChI=1S/C16H21N3O3/c1-16(2,17)9-18-14(21)11-5-3-10(4-6-11)7-12-8-13(20)19-15(12)22/h3-6,12H,7-9,17H2,1-2H3,(H,18,21)(H,19,20,22). The molecule has 4 N–H and O–H groups in total. The Morgan fingerprint density at radius 2 is 1.95 bits per heavy atom. The average molecular weight is 303 g/mol. The number of nitrogens with one attached hydrogen (secondary N) is 2. The Labute approximate surface area is 129 Å². The van der Waals surface area contributed by atoms with Gasteiger partial charge < -0.3 is 11.1 Å². The van der Waals surface area contributed by atoms with Gasteiger partial charge in [-0.25, -0.2) is 0 Å². The van der Waals surface area contributed by atoms with Crippen LogP contribution < -0.4 is 16.4 Å². The summed E-state index contributed by atoms with van der Waals surface area (Å²) in [6.45, 7) is 4.06. The summed E-state index contributed by atoms with van der Waals surface area (Å²) in [7, 11) is 0. The van der Waals surface area contributed by atoms with E-state index in [9.17, 15) is 14.4 Å². The number of hydrogen-bond acceptors (Lipinski definition) is 4. The molecule has 1 aliphatic rings. The van der Waals surface area contributed by atoms with Crippen LogP contribution in [-0.2, 0) is 16.0 Å². The maximum Gasteiger partial charge on any atom is 0.251 e. The van der Waals surface area contributed by atoms with Gasteiger partial charge in [0.05, 0.1) is 5.92 Å². The predicted molar refractivity (Wildman–Crippen MR) is 82.0 cm³/mol. The van der Waals surface area contributed by atoms with Gasteiger partial charge in [-0.15, -0.1) is 0 Å². The fourth-order valence-electron chi connectivity index (χ4n) is 2.26. The zero-order valence-corrected chi connectivity index (χ0v) is 12.8. The maximum absolute atomic E-state index is 12.0. The maximum atomic E-state index is 12.0. The minimum absolute atomic E-state index is 0.182. The highest BCUT2D eigenvalue weighted by atomic mass is 16.2. The molecular formula is C16H21N3O3. The average Bonchev–Trinajstić information content (AvgIpc) is 2.74. The van der Waals surface area contributed by atoms with Crippen LogP contribution in [0.1, 0.15) is 36.2 Å². The SMILES string of the molecule is CC(C)(N)CNC(=O)c1ccc(CC2CC(=O)NC2=O)cc1. The Bertz CT molecular complexity index is 588. The summed E-state index contributed by atoms with van der Waals surface area (Å²) in [5.41, 5.74) is 6.82. The molecule has 1 aliphatic heterocycles. The van der Waals surface area contributed by atoms with E-state index in [1.165, 1.54) is 0 Å². The Balaban J connectivity index is 1.94. The number of hydrogen-bond donors (Lipinski definition) is 3. The van der Waals surface area contributed by atoms with E-state index in [2.05, 4.69) is 10.6 Å². The van der Waals surface area contributed by atoms with Gasteiger partial charge in [-0.05, 0) is 38.0 Å². The number of carbonyl (C=O) groups excluding carboxylic acids is 3. The highest BCUT2D eigenvalue weighted by Crippen LogP contribution is 2.17. The fraction of sp³-hybridized carbons (Fsp3) is 0.438. The second-order valence-corrected chi connectivity index (χ2v) is 6.39. The molecule has 1 aromatic carbocycles. The molecule has 1 saturated heterocycles. The number of amides is 3. The van der Waals surface area contributed by atoms with Crippen LogP contribution in [0, 0.1) is 5.92 Å². The molecule has 3 amide bonds. The van der Waals surface area contributed by atoms with Crippen molar-refractivity contribution in [3.8, 4) is 0 Å². The summed E-state index contributed by atoms with van der Waals surface area (Å²) in [5, 5.41) is 5.07. The van der Waals surface area contributed by atoms with Gasteiger partial charge in [0.1, 0.15) is 0 Å². The third-order valence-corrected chi connectivity index (χ3v) is 3.47. The molecule has 2 rings (SSSR count). The van der Waals surface area contributed by atoms with Crippen molar-refractivity contribution in [2.45, 2.75) is 32.2 Å². The van der Waals surface area contributed by atoms with E-state index >= 15 is 0 Å². The van der Waals surface area contributed by atoms with Gasteiger partial charge in [0.25, 0.3) is 5.91 Å². The third-order valence-electron chi connectivity index (χ3n) is 3.47. The van der Waals surface area contributed by atoms with E-state index in [-0.39, 0.29) is 30.1 Å². The van der Waals surface area contributed by atoms with Crippen LogP contribution in [0.5, 0.6) is 0 Å². The topological polar surface area (TPSA) is 101 Å². The normalized spacial score (nSPS) is 18.2. The zero-order valence-electron chi connectivity index (χ0n) is 12.8. The van der Waals surface area contributed by atoms with E-state index in [0.717, 1.165) is 5.56 Å². The smallest absolute Gasteiger partial charge is 0.251 e. The zero-order chi connectivity index (χ0) is 16.3. The number of benzene rings is 1. The van der Waals surface area contributed by atoms with Crippen molar-refractivity contribution in [1.82, 2.24) is 10.6 Å². The van der Waals surface area contributed by atoms with E-state index in [0.29, 0.717) is 18.5 Å². The first-order valence-corrected chi connectivity index (χ1v) is 7.24. The summed E-state index contributed by atoms with van der Waals surface area (Å²) in [6.07, 6.45) is 0.724. The van der Waals surface area contributed by atoms with Gasteiger partial charge in [-0.3, -0.25) is 19.7 Å². The molecule has 0 bridgehead atoms. The fourth-order valence-corrected chi connectivity index (χ4v) is 2.26. The summed E-state index contributed by atoms with van der Waals surface area (Å²) in [4.78, 5) is 34.7. The largest absolute Gasteiger partial charge is 0.350 e. The lowest BCUT2D eigenvalue weighted by atomic mass is 9.97. The minimum Gasteiger partial charge on any atom is -0.350 e. The Kier molecular flexibility index (Phi) is 4.61. The summed E-state index contributed by atoms with van der Waals surface area (Å²) in [6, 6.07) is 7.03. The Morgan fingerprint density at radius 1 is 1.32 bits per heavy atom. The predicted octanol–water partition coefficient (Wildman–Crippen LogP) is 0.359. The lowest BCUT2D eigenvalue weighted by Crippen LogP contribution is -2.45. The quantitative estimate of drug-likeness (QED) is 0.684. The van der Waals surface area contributed by atoms with Crippen LogP contribution in [0.4, 0.5) is 0 Å². The molecule has 0 radical (unpaired) electrons. The van der Waals surface area contributed by atoms with E-state index < -0.39 is 5.54 Å². The highest BCUT2D eigenvalue weighted by Gasteiger charge is 2.30. The molecule has 0 saturated carbocycles. The van der Waals surface area contributed by atoms with Crippen molar-refractivity contribution in [3.63, 3.8) is 0 Å². The van der Waals surface area contributed by atoms with E-state index in [1.54, 1.807) is 24.3 Å². The van der Waals surface area contributed by atoms with Crippen LogP contribution >= 0.6 is 0 Å². The Hall–Kier alpha value is -2.21. The van der Waals surface area contributed by atoms with Crippen LogP contribution in [-0.4, -0.2) is 29.8 Å². The number of carbonyl (C=O) groups is 3. The lowest BCUT2D eigenvalue weighted by Gasteiger charge is -2.18. The van der Waals surface area contributed by atoms with Crippen LogP contribution in [0.3, 0.4) is 0 Å². The van der Waals surface area contributed by atoms with Crippen LogP contribution in [0.25, 0.3) is 0 Å². The summed E-state index contributed by atoms with van der Waals surface area (Å²) >= 11 is 0. The molecule has 1 heterocycles. The van der Waals surface area contributed by atoms with Crippen LogP contribution in [0.15, 0.2) is 24.3 Å². The van der Waals surface area contributed by atoms with Crippen molar-refractivity contribution in [2.75, 3.05) is 6.54 Å². The molecule has 22 heavy (non-hydrogen) atoms. The van der Waals surface area contributed by atoms with E-state index in [4.69, 9.17) is 5.73 Å².